The topological polar surface area (TPSA) is 83.7 Å². The highest BCUT2D eigenvalue weighted by Gasteiger charge is 2.11. The Morgan fingerprint density at radius 3 is 2.44 bits per heavy atom. The van der Waals surface area contributed by atoms with E-state index in [9.17, 15) is 9.90 Å². The first-order chi connectivity index (χ1) is 11.8. The van der Waals surface area contributed by atoms with E-state index >= 15 is 0 Å². The Balaban J connectivity index is 1.77. The minimum absolute atomic E-state index is 0.101. The Labute approximate surface area is 148 Å². The van der Waals surface area contributed by atoms with E-state index in [0.29, 0.717) is 6.54 Å². The Hall–Kier alpha value is -2.47. The second kappa shape index (κ2) is 8.58. The van der Waals surface area contributed by atoms with Crippen molar-refractivity contribution < 1.29 is 19.1 Å². The van der Waals surface area contributed by atoms with E-state index in [2.05, 4.69) is 10.6 Å². The van der Waals surface area contributed by atoms with Crippen molar-refractivity contribution in [2.75, 3.05) is 6.54 Å². The van der Waals surface area contributed by atoms with E-state index in [4.69, 9.17) is 9.15 Å². The molecule has 1 unspecified atom stereocenters. The molecule has 0 aliphatic rings. The van der Waals surface area contributed by atoms with Crippen LogP contribution in [0, 0.1) is 13.8 Å². The molecule has 0 saturated heterocycles. The van der Waals surface area contributed by atoms with Crippen LogP contribution in [0.3, 0.4) is 0 Å². The number of furan rings is 1. The van der Waals surface area contributed by atoms with E-state index < -0.39 is 6.10 Å². The zero-order chi connectivity index (χ0) is 18.4. The van der Waals surface area contributed by atoms with Gasteiger partial charge in [-0.15, -0.1) is 0 Å². The molecule has 2 rings (SSSR count). The van der Waals surface area contributed by atoms with Gasteiger partial charge in [-0.1, -0.05) is 12.1 Å². The highest BCUT2D eigenvalue weighted by molar-refractivity contribution is 5.73. The van der Waals surface area contributed by atoms with Crippen LogP contribution in [0.15, 0.2) is 34.7 Å². The van der Waals surface area contributed by atoms with E-state index in [0.717, 1.165) is 28.4 Å². The number of hydrogen-bond acceptors (Lipinski definition) is 4. The quantitative estimate of drug-likeness (QED) is 0.719. The first kappa shape index (κ1) is 18.9. The SMILES string of the molecule is Cc1cc(CNC(=O)NCC(O)c2ccc(OC(C)C)cc2)c(C)o1. The predicted molar refractivity (Wildman–Crippen MR) is 95.6 cm³/mol. The Bertz CT molecular complexity index is 692. The maximum Gasteiger partial charge on any atom is 0.315 e. The molecule has 0 radical (unpaired) electrons. The molecule has 0 saturated carbocycles. The summed E-state index contributed by atoms with van der Waals surface area (Å²) in [6.45, 7) is 8.14. The molecule has 1 aromatic heterocycles. The molecule has 136 valence electrons. The Morgan fingerprint density at radius 2 is 1.88 bits per heavy atom. The second-order valence-electron chi connectivity index (χ2n) is 6.25. The summed E-state index contributed by atoms with van der Waals surface area (Å²) < 4.78 is 11.0. The molecule has 3 N–H and O–H groups in total. The molecule has 0 aliphatic heterocycles. The lowest BCUT2D eigenvalue weighted by Gasteiger charge is -2.14. The van der Waals surface area contributed by atoms with Gasteiger partial charge in [0, 0.05) is 18.7 Å². The van der Waals surface area contributed by atoms with Crippen molar-refractivity contribution in [3.8, 4) is 5.75 Å². The zero-order valence-electron chi connectivity index (χ0n) is 15.1. The molecular weight excluding hydrogens is 320 g/mol. The molecule has 0 bridgehead atoms. The average Bonchev–Trinajstić information content (AvgIpc) is 2.88. The standard InChI is InChI=1S/C19H26N2O4/c1-12(2)24-17-7-5-15(6-8-17)18(22)11-21-19(23)20-10-16-9-13(3)25-14(16)4/h5-9,12,18,22H,10-11H2,1-4H3,(H2,20,21,23). The predicted octanol–water partition coefficient (Wildman–Crippen LogP) is 3.22. The van der Waals surface area contributed by atoms with Gasteiger partial charge in [0.05, 0.1) is 12.2 Å². The Kier molecular flexibility index (Phi) is 6.47. The van der Waals surface area contributed by atoms with E-state index in [1.165, 1.54) is 0 Å². The summed E-state index contributed by atoms with van der Waals surface area (Å²) in [7, 11) is 0. The van der Waals surface area contributed by atoms with E-state index in [1.54, 1.807) is 12.1 Å². The molecule has 1 aromatic carbocycles. The second-order valence-corrected chi connectivity index (χ2v) is 6.25. The van der Waals surface area contributed by atoms with Crippen LogP contribution in [0.1, 0.15) is 42.6 Å². The van der Waals surface area contributed by atoms with Crippen LogP contribution >= 0.6 is 0 Å². The lowest BCUT2D eigenvalue weighted by molar-refractivity contribution is 0.173. The van der Waals surface area contributed by atoms with Crippen LogP contribution in [0.25, 0.3) is 0 Å². The van der Waals surface area contributed by atoms with Gasteiger partial charge in [0.2, 0.25) is 0 Å². The molecule has 6 heteroatoms. The van der Waals surface area contributed by atoms with E-state index in [1.807, 2.05) is 45.9 Å². The fourth-order valence-corrected chi connectivity index (χ4v) is 2.44. The van der Waals surface area contributed by atoms with Crippen molar-refractivity contribution in [1.82, 2.24) is 10.6 Å². The molecule has 0 fully saturated rings. The number of carbonyl (C=O) groups is 1. The summed E-state index contributed by atoms with van der Waals surface area (Å²) in [5.74, 6) is 2.36. The summed E-state index contributed by atoms with van der Waals surface area (Å²) >= 11 is 0. The molecular formula is C19H26N2O4. The number of rotatable bonds is 7. The number of nitrogens with one attached hydrogen (secondary N) is 2. The normalized spacial score (nSPS) is 12.1. The van der Waals surface area contributed by atoms with Crippen molar-refractivity contribution in [2.45, 2.75) is 46.4 Å². The lowest BCUT2D eigenvalue weighted by atomic mass is 10.1. The zero-order valence-corrected chi connectivity index (χ0v) is 15.1. The molecule has 2 aromatic rings. The monoisotopic (exact) mass is 346 g/mol. The van der Waals surface area contributed by atoms with Crippen LogP contribution in [-0.4, -0.2) is 23.8 Å². The summed E-state index contributed by atoms with van der Waals surface area (Å²) in [6.07, 6.45) is -0.680. The number of benzene rings is 1. The maximum atomic E-state index is 11.9. The number of carbonyl (C=O) groups excluding carboxylic acids is 1. The van der Waals surface area contributed by atoms with E-state index in [-0.39, 0.29) is 18.7 Å². The molecule has 1 heterocycles. The first-order valence-electron chi connectivity index (χ1n) is 8.37. The largest absolute Gasteiger partial charge is 0.491 e. The molecule has 25 heavy (non-hydrogen) atoms. The summed E-state index contributed by atoms with van der Waals surface area (Å²) in [5, 5.41) is 15.6. The molecule has 0 aliphatic carbocycles. The summed E-state index contributed by atoms with van der Waals surface area (Å²) in [5.41, 5.74) is 1.66. The van der Waals surface area contributed by atoms with Gasteiger partial charge in [0.15, 0.2) is 0 Å². The van der Waals surface area contributed by atoms with Crippen molar-refractivity contribution in [3.63, 3.8) is 0 Å². The van der Waals surface area contributed by atoms with Crippen molar-refractivity contribution in [2.24, 2.45) is 0 Å². The van der Waals surface area contributed by atoms with Gasteiger partial charge < -0.3 is 24.9 Å². The number of hydrogen-bond donors (Lipinski definition) is 3. The number of amides is 2. The molecule has 0 spiro atoms. The number of aryl methyl sites for hydroxylation is 2. The maximum absolute atomic E-state index is 11.9. The van der Waals surface area contributed by atoms with Crippen molar-refractivity contribution in [1.29, 1.82) is 0 Å². The van der Waals surface area contributed by atoms with Gasteiger partial charge in [-0.25, -0.2) is 4.79 Å². The van der Waals surface area contributed by atoms with Crippen LogP contribution in [0.2, 0.25) is 0 Å². The first-order valence-corrected chi connectivity index (χ1v) is 8.37. The molecule has 6 nitrogen and oxygen atoms in total. The van der Waals surface area contributed by atoms with Gasteiger partial charge >= 0.3 is 6.03 Å². The number of aliphatic hydroxyl groups is 1. The number of ether oxygens (including phenoxy) is 1. The molecule has 2 amide bonds. The van der Waals surface area contributed by atoms with Gasteiger partial charge in [-0.3, -0.25) is 0 Å². The van der Waals surface area contributed by atoms with Gasteiger partial charge in [-0.05, 0) is 51.5 Å². The third-order valence-corrected chi connectivity index (χ3v) is 3.68. The third kappa shape index (κ3) is 5.83. The van der Waals surface area contributed by atoms with Crippen LogP contribution in [-0.2, 0) is 6.54 Å². The highest BCUT2D eigenvalue weighted by atomic mass is 16.5. The van der Waals surface area contributed by atoms with Crippen LogP contribution in [0.4, 0.5) is 4.79 Å². The van der Waals surface area contributed by atoms with Gasteiger partial charge in [0.1, 0.15) is 17.3 Å². The molecule has 1 atom stereocenters. The van der Waals surface area contributed by atoms with Crippen molar-refractivity contribution >= 4 is 6.03 Å². The minimum atomic E-state index is -0.781. The summed E-state index contributed by atoms with van der Waals surface area (Å²) in [6, 6.07) is 8.76. The van der Waals surface area contributed by atoms with Crippen LogP contribution in [0.5, 0.6) is 5.75 Å². The fraction of sp³-hybridized carbons (Fsp3) is 0.421. The number of aliphatic hydroxyl groups excluding tert-OH is 1. The lowest BCUT2D eigenvalue weighted by Crippen LogP contribution is -2.37. The van der Waals surface area contributed by atoms with Crippen LogP contribution < -0.4 is 15.4 Å². The fourth-order valence-electron chi connectivity index (χ4n) is 2.44. The summed E-state index contributed by atoms with van der Waals surface area (Å²) in [4.78, 5) is 11.9. The number of urea groups is 1. The van der Waals surface area contributed by atoms with Gasteiger partial charge in [-0.2, -0.15) is 0 Å². The minimum Gasteiger partial charge on any atom is -0.491 e. The van der Waals surface area contributed by atoms with Crippen molar-refractivity contribution in [3.05, 3.63) is 53.0 Å². The highest BCUT2D eigenvalue weighted by Crippen LogP contribution is 2.18. The average molecular weight is 346 g/mol. The smallest absolute Gasteiger partial charge is 0.315 e. The Morgan fingerprint density at radius 1 is 1.20 bits per heavy atom. The van der Waals surface area contributed by atoms with Gasteiger partial charge in [0.25, 0.3) is 0 Å². The third-order valence-electron chi connectivity index (χ3n) is 3.68.